The van der Waals surface area contributed by atoms with E-state index in [2.05, 4.69) is 0 Å². The second-order valence-electron chi connectivity index (χ2n) is 2.82. The van der Waals surface area contributed by atoms with Crippen LogP contribution in [0.2, 0.25) is 0 Å². The first-order chi connectivity index (χ1) is 6.33. The first kappa shape index (κ1) is 8.20. The van der Waals surface area contributed by atoms with Crippen LogP contribution in [0.1, 0.15) is 0 Å². The number of hydrogen-bond acceptors (Lipinski definition) is 2. The van der Waals surface area contributed by atoms with E-state index < -0.39 is 0 Å². The van der Waals surface area contributed by atoms with Gasteiger partial charge in [-0.15, -0.1) is 0 Å². The van der Waals surface area contributed by atoms with Gasteiger partial charge in [0.25, 0.3) is 0 Å². The molecule has 13 heavy (non-hydrogen) atoms. The summed E-state index contributed by atoms with van der Waals surface area (Å²) in [5.41, 5.74) is 1.08. The van der Waals surface area contributed by atoms with Crippen molar-refractivity contribution in [3.8, 4) is 5.88 Å². The van der Waals surface area contributed by atoms with Gasteiger partial charge in [-0.3, -0.25) is 0 Å². The average Bonchev–Trinajstić information content (AvgIpc) is 2.46. The molecule has 1 aromatic carbocycles. The summed E-state index contributed by atoms with van der Waals surface area (Å²) in [5.74, 6) is 0.628. The van der Waals surface area contributed by atoms with Crippen LogP contribution >= 0.6 is 0 Å². The van der Waals surface area contributed by atoms with E-state index in [1.807, 2.05) is 41.9 Å². The Morgan fingerprint density at radius 3 is 2.85 bits per heavy atom. The van der Waals surface area contributed by atoms with Crippen molar-refractivity contribution in [3.05, 3.63) is 30.3 Å². The molecular formula is C9H9BNO2. The van der Waals surface area contributed by atoms with Crippen molar-refractivity contribution in [2.45, 2.75) is 0 Å². The molecule has 2 rings (SSSR count). The fourth-order valence-electron chi connectivity index (χ4n) is 1.43. The Kier molecular flexibility index (Phi) is 1.98. The monoisotopic (exact) mass is 174 g/mol. The van der Waals surface area contributed by atoms with E-state index in [1.165, 1.54) is 0 Å². The molecule has 65 valence electrons. The van der Waals surface area contributed by atoms with Gasteiger partial charge >= 0.3 is 7.69 Å². The zero-order chi connectivity index (χ0) is 9.26. The zero-order valence-corrected chi connectivity index (χ0v) is 7.27. The molecule has 1 aromatic heterocycles. The Labute approximate surface area is 76.9 Å². The highest BCUT2D eigenvalue weighted by atomic mass is 16.5. The minimum Gasteiger partial charge on any atom is -0.525 e. The van der Waals surface area contributed by atoms with E-state index in [1.54, 1.807) is 0 Å². The van der Waals surface area contributed by atoms with Gasteiger partial charge in [-0.05, 0) is 6.07 Å². The highest BCUT2D eigenvalue weighted by molar-refractivity contribution is 6.17. The largest absolute Gasteiger partial charge is 0.570 e. The quantitative estimate of drug-likeness (QED) is 0.691. The number of aryl methyl sites for hydroxylation is 1. The van der Waals surface area contributed by atoms with Crippen LogP contribution in [-0.2, 0) is 7.05 Å². The molecule has 3 nitrogen and oxygen atoms in total. The van der Waals surface area contributed by atoms with Gasteiger partial charge in [-0.2, -0.15) is 0 Å². The van der Waals surface area contributed by atoms with Crippen LogP contribution in [0.4, 0.5) is 0 Å². The number of rotatable bonds is 2. The number of benzene rings is 1. The number of nitrogens with zero attached hydrogens (tertiary/aromatic N) is 1. The predicted octanol–water partition coefficient (Wildman–Crippen LogP) is 1.08. The van der Waals surface area contributed by atoms with Gasteiger partial charge < -0.3 is 14.2 Å². The zero-order valence-electron chi connectivity index (χ0n) is 7.27. The molecule has 0 unspecified atom stereocenters. The molecule has 0 spiro atoms. The van der Waals surface area contributed by atoms with Gasteiger partial charge in [-0.25, -0.2) is 0 Å². The second kappa shape index (κ2) is 3.14. The second-order valence-corrected chi connectivity index (χ2v) is 2.82. The Balaban J connectivity index is 2.60. The molecule has 1 radical (unpaired) electrons. The molecule has 0 saturated carbocycles. The van der Waals surface area contributed by atoms with Crippen molar-refractivity contribution in [2.24, 2.45) is 7.05 Å². The molecule has 0 aliphatic carbocycles. The molecule has 0 atom stereocenters. The maximum Gasteiger partial charge on any atom is 0.570 e. The van der Waals surface area contributed by atoms with E-state index in [0.29, 0.717) is 13.6 Å². The summed E-state index contributed by atoms with van der Waals surface area (Å²) >= 11 is 0. The predicted molar refractivity (Wildman–Crippen MR) is 51.5 cm³/mol. The van der Waals surface area contributed by atoms with Crippen LogP contribution in [0.25, 0.3) is 10.9 Å². The van der Waals surface area contributed by atoms with E-state index in [0.717, 1.165) is 10.9 Å². The van der Waals surface area contributed by atoms with Crippen LogP contribution in [0.5, 0.6) is 5.88 Å². The van der Waals surface area contributed by atoms with Gasteiger partial charge in [0.15, 0.2) is 5.88 Å². The fourth-order valence-corrected chi connectivity index (χ4v) is 1.43. The summed E-state index contributed by atoms with van der Waals surface area (Å²) < 4.78 is 6.79. The SMILES string of the molecule is Cn1c(O[B]O)cc2ccccc21. The Hall–Kier alpha value is -1.42. The smallest absolute Gasteiger partial charge is 0.525 e. The first-order valence-electron chi connectivity index (χ1n) is 4.00. The summed E-state index contributed by atoms with van der Waals surface area (Å²) in [4.78, 5) is 0. The number of para-hydroxylation sites is 1. The minimum atomic E-state index is 0.628. The summed E-state index contributed by atoms with van der Waals surface area (Å²) in [5, 5.41) is 9.61. The molecular weight excluding hydrogens is 165 g/mol. The topological polar surface area (TPSA) is 34.4 Å². The third-order valence-electron chi connectivity index (χ3n) is 2.08. The molecule has 4 heteroatoms. The first-order valence-corrected chi connectivity index (χ1v) is 4.00. The van der Waals surface area contributed by atoms with E-state index in [4.69, 9.17) is 9.68 Å². The van der Waals surface area contributed by atoms with Gasteiger partial charge in [0.1, 0.15) is 0 Å². The Bertz CT molecular complexity index is 424. The third-order valence-corrected chi connectivity index (χ3v) is 2.08. The van der Waals surface area contributed by atoms with Crippen LogP contribution in [0, 0.1) is 0 Å². The van der Waals surface area contributed by atoms with Crippen molar-refractivity contribution in [1.82, 2.24) is 4.57 Å². The van der Waals surface area contributed by atoms with Crippen LogP contribution in [-0.4, -0.2) is 17.3 Å². The molecule has 0 aliphatic heterocycles. The van der Waals surface area contributed by atoms with Crippen LogP contribution in [0.3, 0.4) is 0 Å². The molecule has 0 amide bonds. The standard InChI is InChI=1S/C9H9BNO2/c1-11-8-5-3-2-4-7(8)6-9(11)13-10-12/h2-6,12H,1H3. The van der Waals surface area contributed by atoms with E-state index in [-0.39, 0.29) is 0 Å². The van der Waals surface area contributed by atoms with Crippen LogP contribution in [0.15, 0.2) is 30.3 Å². The highest BCUT2D eigenvalue weighted by Crippen LogP contribution is 2.23. The summed E-state index contributed by atoms with van der Waals surface area (Å²) in [6, 6.07) is 9.81. The van der Waals surface area contributed by atoms with Crippen molar-refractivity contribution >= 4 is 18.6 Å². The Morgan fingerprint density at radius 2 is 2.15 bits per heavy atom. The van der Waals surface area contributed by atoms with Crippen molar-refractivity contribution in [3.63, 3.8) is 0 Å². The van der Waals surface area contributed by atoms with Gasteiger partial charge in [0.05, 0.1) is 5.52 Å². The number of hydrogen-bond donors (Lipinski definition) is 1. The highest BCUT2D eigenvalue weighted by Gasteiger charge is 2.05. The average molecular weight is 174 g/mol. The molecule has 0 fully saturated rings. The van der Waals surface area contributed by atoms with Crippen molar-refractivity contribution in [1.29, 1.82) is 0 Å². The summed E-state index contributed by atoms with van der Waals surface area (Å²) in [6.07, 6.45) is 0. The van der Waals surface area contributed by atoms with E-state index in [9.17, 15) is 0 Å². The normalized spacial score (nSPS) is 10.3. The lowest BCUT2D eigenvalue weighted by Crippen LogP contribution is -2.03. The maximum atomic E-state index is 8.51. The number of fused-ring (bicyclic) bond motifs is 1. The summed E-state index contributed by atoms with van der Waals surface area (Å²) in [7, 11) is 2.58. The van der Waals surface area contributed by atoms with Gasteiger partial charge in [0.2, 0.25) is 0 Å². The molecule has 0 saturated heterocycles. The maximum absolute atomic E-state index is 8.51. The molecule has 2 aromatic rings. The summed E-state index contributed by atoms with van der Waals surface area (Å²) in [6.45, 7) is 0. The molecule has 1 N–H and O–H groups in total. The molecule has 1 heterocycles. The molecule has 0 bridgehead atoms. The Morgan fingerprint density at radius 1 is 1.38 bits per heavy atom. The molecule has 0 aliphatic rings. The lowest BCUT2D eigenvalue weighted by atomic mass is 10.2. The lowest BCUT2D eigenvalue weighted by molar-refractivity contribution is 0.433. The minimum absolute atomic E-state index is 0.628. The van der Waals surface area contributed by atoms with Gasteiger partial charge in [0, 0.05) is 18.5 Å². The van der Waals surface area contributed by atoms with Gasteiger partial charge in [-0.1, -0.05) is 18.2 Å². The van der Waals surface area contributed by atoms with E-state index >= 15 is 0 Å². The number of aromatic nitrogens is 1. The third kappa shape index (κ3) is 1.29. The fraction of sp³-hybridized carbons (Fsp3) is 0.111. The van der Waals surface area contributed by atoms with Crippen molar-refractivity contribution < 1.29 is 9.68 Å². The van der Waals surface area contributed by atoms with Crippen molar-refractivity contribution in [2.75, 3.05) is 0 Å². The van der Waals surface area contributed by atoms with Crippen LogP contribution < -0.4 is 4.65 Å². The lowest BCUT2D eigenvalue weighted by Gasteiger charge is -2.02.